The number of allylic oxidation sites excluding steroid dienone is 5. The number of rotatable bonds is 10. The van der Waals surface area contributed by atoms with Gasteiger partial charge < -0.3 is 22.4 Å². The van der Waals surface area contributed by atoms with Crippen LogP contribution in [0.2, 0.25) is 0 Å². The zero-order chi connectivity index (χ0) is 15.1. The van der Waals surface area contributed by atoms with Crippen LogP contribution in [0.15, 0.2) is 23.8 Å². The van der Waals surface area contributed by atoms with Gasteiger partial charge in [0.05, 0.1) is 0 Å². The first kappa shape index (κ1) is 53.9. The summed E-state index contributed by atoms with van der Waals surface area (Å²) in [5.41, 5.74) is 9.26. The van der Waals surface area contributed by atoms with Crippen LogP contribution in [0.1, 0.15) is 46.0 Å². The number of hydrogen-bond acceptors (Lipinski definition) is 2. The molecule has 131 valence electrons. The van der Waals surface area contributed by atoms with Crippen LogP contribution in [0.25, 0.3) is 5.53 Å². The minimum Gasteiger partial charge on any atom is -0.501 e. The van der Waals surface area contributed by atoms with Crippen molar-refractivity contribution in [1.82, 2.24) is 0 Å². The van der Waals surface area contributed by atoms with E-state index in [0.717, 1.165) is 43.9 Å². The Morgan fingerprint density at radius 3 is 2.07 bits per heavy atom. The molecule has 0 aromatic heterocycles. The third-order valence-corrected chi connectivity index (χ3v) is 2.43. The van der Waals surface area contributed by atoms with Gasteiger partial charge in [0.1, 0.15) is 6.61 Å². The van der Waals surface area contributed by atoms with E-state index in [1.165, 1.54) is 0 Å². The molecule has 0 aromatic rings. The summed E-state index contributed by atoms with van der Waals surface area (Å²) in [6.07, 6.45) is 17.8. The van der Waals surface area contributed by atoms with Crippen molar-refractivity contribution in [3.05, 3.63) is 41.5 Å². The van der Waals surface area contributed by atoms with Crippen molar-refractivity contribution >= 4 is 12.2 Å². The fraction of sp³-hybridized carbons (Fsp3) is 0.500. The molecule has 0 spiro atoms. The van der Waals surface area contributed by atoms with Crippen molar-refractivity contribution in [1.29, 1.82) is 0 Å². The summed E-state index contributed by atoms with van der Waals surface area (Å²) in [6.45, 7) is 4.25. The van der Waals surface area contributed by atoms with Gasteiger partial charge in [-0.2, -0.15) is 17.6 Å². The molecule has 0 aliphatic heterocycles. The normalized spacial score (nSPS) is 8.74. The van der Waals surface area contributed by atoms with Gasteiger partial charge in [0, 0.05) is 229 Å². The van der Waals surface area contributed by atoms with Crippen LogP contribution in [-0.2, 0) is 238 Å². The van der Waals surface area contributed by atoms with Gasteiger partial charge in [-0.15, -0.1) is 0 Å². The molecule has 0 aromatic carbocycles. The Hall–Kier alpha value is 5.80. The van der Waals surface area contributed by atoms with Crippen molar-refractivity contribution in [2.75, 3.05) is 6.61 Å². The summed E-state index contributed by atoms with van der Waals surface area (Å²) >= 11 is 0. The summed E-state index contributed by atoms with van der Waals surface area (Å²) in [6, 6.07) is 0. The van der Waals surface area contributed by atoms with E-state index in [9.17, 15) is 4.79 Å². The zero-order valence-corrected chi connectivity index (χ0v) is 36.2. The molecule has 0 saturated carbocycles. The first-order chi connectivity index (χ1) is 9.70. The summed E-state index contributed by atoms with van der Waals surface area (Å²) in [7, 11) is 0. The van der Waals surface area contributed by atoms with Crippen molar-refractivity contribution in [3.8, 4) is 0 Å². The Morgan fingerprint density at radius 1 is 1.00 bits per heavy atom. The number of esters is 1. The van der Waals surface area contributed by atoms with Gasteiger partial charge in [0.25, 0.3) is 0 Å². The Balaban J connectivity index is -0.0000000860. The molecule has 0 atom stereocenters. The standard InChI is InChI=1S/C16H22N2O2.7Y/c1-3-4-5-6-7-8-9-10-11-15(2)12-13-20-16(19)14-18-17;;;;;;;/h5,9,12,14H,3,6-7,10-11,13H2,1-2H3;;;;;;;/q-2;;;;;;;/b15-12-;;;;;;;. The fourth-order valence-corrected chi connectivity index (χ4v) is 1.36. The molecule has 0 bridgehead atoms. The number of unbranched alkanes of at least 4 members (excludes halogenated alkanes) is 1. The van der Waals surface area contributed by atoms with E-state index in [-0.39, 0.29) is 236 Å². The SMILES string of the molecule is CC[C-]=CCC[C-]=CCC/C(C)=C\COC(=O)C=[N+]=[N-].[Y].[Y].[Y].[Y].[Y].[Y].[Y]. The predicted octanol–water partition coefficient (Wildman–Crippen LogP) is 3.45. The molecule has 7 radical (unpaired) electrons. The third kappa shape index (κ3) is 45.9. The van der Waals surface area contributed by atoms with Crippen molar-refractivity contribution < 1.29 is 243 Å². The molecule has 27 heavy (non-hydrogen) atoms. The molecule has 0 saturated heterocycles. The maximum Gasteiger partial charge on any atom is 0.413 e. The Bertz CT molecular complexity index is 425. The van der Waals surface area contributed by atoms with E-state index in [1.54, 1.807) is 0 Å². The fourth-order valence-electron chi connectivity index (χ4n) is 1.36. The molecule has 0 N–H and O–H groups in total. The maximum absolute atomic E-state index is 10.8. The van der Waals surface area contributed by atoms with E-state index in [4.69, 9.17) is 10.3 Å². The number of carbonyl (C=O) groups excluding carboxylic acids is 1. The quantitative estimate of drug-likeness (QED) is 0.0643. The summed E-state index contributed by atoms with van der Waals surface area (Å²) in [5, 5.41) is 0. The molecule has 0 heterocycles. The smallest absolute Gasteiger partial charge is 0.413 e. The van der Waals surface area contributed by atoms with Gasteiger partial charge in [-0.05, 0) is 19.4 Å². The van der Waals surface area contributed by atoms with E-state index >= 15 is 0 Å². The van der Waals surface area contributed by atoms with Crippen LogP contribution in [0.4, 0.5) is 0 Å². The largest absolute Gasteiger partial charge is 0.501 e. The van der Waals surface area contributed by atoms with Gasteiger partial charge in [0.2, 0.25) is 0 Å². The van der Waals surface area contributed by atoms with Crippen LogP contribution in [0.3, 0.4) is 0 Å². The van der Waals surface area contributed by atoms with Gasteiger partial charge in [-0.3, -0.25) is 12.2 Å². The van der Waals surface area contributed by atoms with Crippen LogP contribution < -0.4 is 0 Å². The molecular weight excluding hydrogens is 875 g/mol. The summed E-state index contributed by atoms with van der Waals surface area (Å²) in [5.74, 6) is -0.651. The number of ether oxygens (including phenoxy) is 1. The molecule has 0 fully saturated rings. The maximum atomic E-state index is 10.8. The van der Waals surface area contributed by atoms with Gasteiger partial charge in [0.15, 0.2) is 0 Å². The Morgan fingerprint density at radius 2 is 1.56 bits per heavy atom. The molecule has 0 aliphatic carbocycles. The molecule has 0 amide bonds. The average molecular weight is 897 g/mol. The third-order valence-electron chi connectivity index (χ3n) is 2.43. The first-order valence-electron chi connectivity index (χ1n) is 6.80. The minimum atomic E-state index is -0.651. The minimum absolute atomic E-state index is 0. The second-order valence-corrected chi connectivity index (χ2v) is 4.17. The van der Waals surface area contributed by atoms with Gasteiger partial charge in [-0.25, -0.2) is 4.79 Å². The molecule has 0 unspecified atom stereocenters. The first-order valence-corrected chi connectivity index (χ1v) is 6.80. The summed E-state index contributed by atoms with van der Waals surface area (Å²) in [4.78, 5) is 13.4. The molecule has 0 rings (SSSR count). The second kappa shape index (κ2) is 45.3. The average Bonchev–Trinajstić information content (AvgIpc) is 2.42. The van der Waals surface area contributed by atoms with Crippen molar-refractivity contribution in [2.45, 2.75) is 46.0 Å². The van der Waals surface area contributed by atoms with E-state index < -0.39 is 5.97 Å². The van der Waals surface area contributed by atoms with Gasteiger partial charge in [-0.1, -0.05) is 25.3 Å². The van der Waals surface area contributed by atoms with E-state index in [0.29, 0.717) is 0 Å². The van der Waals surface area contributed by atoms with Crippen LogP contribution in [0.5, 0.6) is 0 Å². The van der Waals surface area contributed by atoms with Crippen molar-refractivity contribution in [3.63, 3.8) is 0 Å². The predicted molar refractivity (Wildman–Crippen MR) is 78.8 cm³/mol. The zero-order valence-electron chi connectivity index (χ0n) is 16.3. The molecule has 0 aliphatic rings. The van der Waals surface area contributed by atoms with Crippen LogP contribution in [0, 0.1) is 12.2 Å². The number of carbonyl (C=O) groups is 1. The molecular formula is C16H22N2O2Y7-2. The van der Waals surface area contributed by atoms with Crippen LogP contribution >= 0.6 is 0 Å². The van der Waals surface area contributed by atoms with E-state index in [2.05, 4.69) is 29.9 Å². The second-order valence-electron chi connectivity index (χ2n) is 4.17. The van der Waals surface area contributed by atoms with Gasteiger partial charge >= 0.3 is 12.2 Å². The number of hydrogen-bond donors (Lipinski definition) is 0. The summed E-state index contributed by atoms with van der Waals surface area (Å²) < 4.78 is 4.77. The molecule has 11 heteroatoms. The Labute approximate surface area is 341 Å². The molecule has 4 nitrogen and oxygen atoms in total. The Kier molecular flexibility index (Phi) is 90.5. The van der Waals surface area contributed by atoms with Crippen molar-refractivity contribution in [2.24, 2.45) is 0 Å². The number of nitrogens with zero attached hydrogens (tertiary/aromatic N) is 2. The van der Waals surface area contributed by atoms with Crippen LogP contribution in [-0.4, -0.2) is 23.6 Å². The topological polar surface area (TPSA) is 62.7 Å². The monoisotopic (exact) mass is 897 g/mol. The van der Waals surface area contributed by atoms with E-state index in [1.807, 2.05) is 19.1 Å².